The van der Waals surface area contributed by atoms with Gasteiger partial charge in [-0.05, 0) is 44.5 Å². The first-order chi connectivity index (χ1) is 11.5. The monoisotopic (exact) mass is 344 g/mol. The van der Waals surface area contributed by atoms with E-state index in [1.54, 1.807) is 4.52 Å². The summed E-state index contributed by atoms with van der Waals surface area (Å²) in [5.41, 5.74) is 3.03. The number of ether oxygens (including phenoxy) is 1. The fourth-order valence-corrected chi connectivity index (χ4v) is 3.05. The number of rotatable bonds is 6. The van der Waals surface area contributed by atoms with E-state index in [-0.39, 0.29) is 6.61 Å². The van der Waals surface area contributed by atoms with Gasteiger partial charge >= 0.3 is 0 Å². The number of aliphatic hydroxyl groups excluding tert-OH is 1. The second kappa shape index (κ2) is 7.19. The van der Waals surface area contributed by atoms with Gasteiger partial charge in [-0.15, -0.1) is 5.10 Å². The van der Waals surface area contributed by atoms with Gasteiger partial charge in [-0.2, -0.15) is 4.98 Å². The average molecular weight is 344 g/mol. The topological polar surface area (TPSA) is 72.5 Å². The van der Waals surface area contributed by atoms with E-state index in [4.69, 9.17) is 4.74 Å². The summed E-state index contributed by atoms with van der Waals surface area (Å²) in [6.07, 6.45) is -0.599. The van der Waals surface area contributed by atoms with Crippen LogP contribution in [0.4, 0.5) is 0 Å². The molecule has 7 heteroatoms. The van der Waals surface area contributed by atoms with Gasteiger partial charge in [-0.25, -0.2) is 9.50 Å². The highest BCUT2D eigenvalue weighted by atomic mass is 32.2. The number of thioether (sulfide) groups is 1. The number of aromatic nitrogens is 4. The van der Waals surface area contributed by atoms with Crippen molar-refractivity contribution in [2.24, 2.45) is 0 Å². The lowest BCUT2D eigenvalue weighted by Crippen LogP contribution is -2.20. The van der Waals surface area contributed by atoms with Gasteiger partial charge in [0, 0.05) is 17.1 Å². The van der Waals surface area contributed by atoms with Crippen molar-refractivity contribution in [2.45, 2.75) is 32.0 Å². The molecule has 3 aromatic rings. The number of hydrogen-bond donors (Lipinski definition) is 1. The van der Waals surface area contributed by atoms with Crippen LogP contribution in [-0.2, 0) is 0 Å². The molecule has 0 spiro atoms. The molecule has 0 saturated carbocycles. The Morgan fingerprint density at radius 3 is 2.83 bits per heavy atom. The van der Waals surface area contributed by atoms with Crippen molar-refractivity contribution < 1.29 is 9.84 Å². The lowest BCUT2D eigenvalue weighted by atomic mass is 10.2. The van der Waals surface area contributed by atoms with Crippen LogP contribution in [0.3, 0.4) is 0 Å². The molecule has 3 rings (SSSR count). The van der Waals surface area contributed by atoms with E-state index in [0.717, 1.165) is 22.7 Å². The Balaban J connectivity index is 1.56. The van der Waals surface area contributed by atoms with Gasteiger partial charge in [0.25, 0.3) is 5.78 Å². The van der Waals surface area contributed by atoms with Crippen LogP contribution in [0.25, 0.3) is 5.78 Å². The summed E-state index contributed by atoms with van der Waals surface area (Å²) in [7, 11) is 0. The largest absolute Gasteiger partial charge is 0.491 e. The molecule has 0 fully saturated rings. The van der Waals surface area contributed by atoms with Gasteiger partial charge in [0.2, 0.25) is 5.16 Å². The number of nitrogens with zero attached hydrogens (tertiary/aromatic N) is 4. The van der Waals surface area contributed by atoms with Crippen molar-refractivity contribution >= 4 is 17.5 Å². The third-order valence-corrected chi connectivity index (χ3v) is 4.42. The lowest BCUT2D eigenvalue weighted by Gasteiger charge is -2.11. The first-order valence-corrected chi connectivity index (χ1v) is 8.71. The van der Waals surface area contributed by atoms with Gasteiger partial charge in [0.15, 0.2) is 0 Å². The fraction of sp³-hybridized carbons (Fsp3) is 0.353. The lowest BCUT2D eigenvalue weighted by molar-refractivity contribution is 0.126. The normalized spacial score (nSPS) is 12.5. The second-order valence-corrected chi connectivity index (χ2v) is 6.72. The van der Waals surface area contributed by atoms with Crippen molar-refractivity contribution in [3.63, 3.8) is 0 Å². The standard InChI is InChI=1S/C17H20N4O2S/c1-11-5-4-6-15(7-11)23-9-14(22)10-24-17-19-16-18-12(2)8-13(3)21(16)20-17/h4-8,14,22H,9-10H2,1-3H3. The van der Waals surface area contributed by atoms with Gasteiger partial charge in [0.1, 0.15) is 12.4 Å². The Labute approximate surface area is 144 Å². The summed E-state index contributed by atoms with van der Waals surface area (Å²) < 4.78 is 7.32. The zero-order chi connectivity index (χ0) is 17.1. The maximum atomic E-state index is 10.1. The zero-order valence-corrected chi connectivity index (χ0v) is 14.7. The molecule has 1 unspecified atom stereocenters. The molecule has 1 N–H and O–H groups in total. The molecule has 0 amide bonds. The van der Waals surface area contributed by atoms with Crippen molar-refractivity contribution in [1.29, 1.82) is 0 Å². The number of aliphatic hydroxyl groups is 1. The fourth-order valence-electron chi connectivity index (χ4n) is 2.33. The van der Waals surface area contributed by atoms with Crippen molar-refractivity contribution in [3.05, 3.63) is 47.3 Å². The molecule has 0 aliphatic carbocycles. The average Bonchev–Trinajstić information content (AvgIpc) is 2.94. The van der Waals surface area contributed by atoms with Crippen molar-refractivity contribution in [2.75, 3.05) is 12.4 Å². The Morgan fingerprint density at radius 2 is 2.04 bits per heavy atom. The Hall–Kier alpha value is -2.12. The van der Waals surface area contributed by atoms with Gasteiger partial charge < -0.3 is 9.84 Å². The van der Waals surface area contributed by atoms with E-state index in [2.05, 4.69) is 15.1 Å². The third-order valence-electron chi connectivity index (χ3n) is 3.44. The number of fused-ring (bicyclic) bond motifs is 1. The van der Waals surface area contributed by atoms with Crippen LogP contribution in [-0.4, -0.2) is 43.2 Å². The maximum Gasteiger partial charge on any atom is 0.253 e. The molecule has 0 radical (unpaired) electrons. The molecule has 0 bridgehead atoms. The summed E-state index contributed by atoms with van der Waals surface area (Å²) in [5, 5.41) is 15.1. The summed E-state index contributed by atoms with van der Waals surface area (Å²) in [6, 6.07) is 9.73. The first-order valence-electron chi connectivity index (χ1n) is 7.72. The van der Waals surface area contributed by atoms with E-state index in [0.29, 0.717) is 16.7 Å². The highest BCUT2D eigenvalue weighted by Crippen LogP contribution is 2.17. The van der Waals surface area contributed by atoms with Crippen LogP contribution >= 0.6 is 11.8 Å². The summed E-state index contributed by atoms with van der Waals surface area (Å²) in [5.74, 6) is 1.81. The molecule has 0 saturated heterocycles. The van der Waals surface area contributed by atoms with E-state index >= 15 is 0 Å². The Bertz CT molecular complexity index is 850. The van der Waals surface area contributed by atoms with E-state index < -0.39 is 6.10 Å². The highest BCUT2D eigenvalue weighted by molar-refractivity contribution is 7.99. The van der Waals surface area contributed by atoms with E-state index in [1.807, 2.05) is 51.1 Å². The quantitative estimate of drug-likeness (QED) is 0.693. The Kier molecular flexibility index (Phi) is 5.01. The predicted molar refractivity (Wildman–Crippen MR) is 93.7 cm³/mol. The van der Waals surface area contributed by atoms with Crippen LogP contribution in [0.5, 0.6) is 5.75 Å². The van der Waals surface area contributed by atoms with Crippen LogP contribution < -0.4 is 4.74 Å². The van der Waals surface area contributed by atoms with Crippen molar-refractivity contribution in [3.8, 4) is 5.75 Å². The predicted octanol–water partition coefficient (Wildman–Crippen LogP) is 2.58. The van der Waals surface area contributed by atoms with Gasteiger partial charge in [-0.3, -0.25) is 0 Å². The van der Waals surface area contributed by atoms with Gasteiger partial charge in [-0.1, -0.05) is 23.9 Å². The van der Waals surface area contributed by atoms with Crippen LogP contribution in [0.2, 0.25) is 0 Å². The molecule has 1 atom stereocenters. The molecule has 126 valence electrons. The number of aryl methyl sites for hydroxylation is 3. The number of hydrogen-bond acceptors (Lipinski definition) is 6. The Morgan fingerprint density at radius 1 is 1.21 bits per heavy atom. The minimum atomic E-state index is -0.599. The molecular weight excluding hydrogens is 324 g/mol. The number of benzene rings is 1. The molecular formula is C17H20N4O2S. The first kappa shape index (κ1) is 16.7. The summed E-state index contributed by atoms with van der Waals surface area (Å²) in [6.45, 7) is 6.14. The molecule has 0 aliphatic heterocycles. The summed E-state index contributed by atoms with van der Waals surface area (Å²) >= 11 is 1.39. The summed E-state index contributed by atoms with van der Waals surface area (Å²) in [4.78, 5) is 8.75. The van der Waals surface area contributed by atoms with Crippen molar-refractivity contribution in [1.82, 2.24) is 19.6 Å². The molecule has 1 aromatic carbocycles. The molecule has 2 aromatic heterocycles. The zero-order valence-electron chi connectivity index (χ0n) is 13.9. The minimum absolute atomic E-state index is 0.236. The SMILES string of the molecule is Cc1cccc(OCC(O)CSc2nc3nc(C)cc(C)n3n2)c1. The highest BCUT2D eigenvalue weighted by Gasteiger charge is 2.12. The second-order valence-electron chi connectivity index (χ2n) is 5.74. The van der Waals surface area contributed by atoms with E-state index in [9.17, 15) is 5.11 Å². The van der Waals surface area contributed by atoms with Crippen LogP contribution in [0.1, 0.15) is 17.0 Å². The molecule has 0 aliphatic rings. The maximum absolute atomic E-state index is 10.1. The van der Waals surface area contributed by atoms with Crippen LogP contribution in [0.15, 0.2) is 35.5 Å². The molecule has 6 nitrogen and oxygen atoms in total. The van der Waals surface area contributed by atoms with E-state index in [1.165, 1.54) is 11.8 Å². The smallest absolute Gasteiger partial charge is 0.253 e. The minimum Gasteiger partial charge on any atom is -0.491 e. The third kappa shape index (κ3) is 4.04. The van der Waals surface area contributed by atoms with Gasteiger partial charge in [0.05, 0.1) is 6.10 Å². The molecule has 24 heavy (non-hydrogen) atoms. The molecule has 2 heterocycles. The van der Waals surface area contributed by atoms with Crippen LogP contribution in [0, 0.1) is 20.8 Å².